The summed E-state index contributed by atoms with van der Waals surface area (Å²) in [6.45, 7) is 0.838. The number of benzene rings is 2. The molecule has 1 aliphatic heterocycles. The second kappa shape index (κ2) is 8.41. The van der Waals surface area contributed by atoms with Gasteiger partial charge in [0, 0.05) is 5.56 Å². The molecule has 0 radical (unpaired) electrons. The summed E-state index contributed by atoms with van der Waals surface area (Å²) >= 11 is 0. The van der Waals surface area contributed by atoms with Crippen molar-refractivity contribution in [1.29, 1.82) is 0 Å². The number of carbonyl (C=O) groups is 1. The van der Waals surface area contributed by atoms with E-state index in [-0.39, 0.29) is 0 Å². The second-order valence-corrected chi connectivity index (χ2v) is 7.06. The third kappa shape index (κ3) is 4.70. The van der Waals surface area contributed by atoms with Crippen LogP contribution < -0.4 is 4.74 Å². The summed E-state index contributed by atoms with van der Waals surface area (Å²) in [5.41, 5.74) is 0.271. The van der Waals surface area contributed by atoms with Crippen LogP contribution in [0.3, 0.4) is 0 Å². The Kier molecular flexibility index (Phi) is 6.12. The average Bonchev–Trinajstić information content (AvgIpc) is 2.68. The van der Waals surface area contributed by atoms with Crippen molar-refractivity contribution in [3.8, 4) is 5.75 Å². The number of rotatable bonds is 5. The maximum atomic E-state index is 14.0. The van der Waals surface area contributed by atoms with Gasteiger partial charge in [-0.3, -0.25) is 9.69 Å². The van der Waals surface area contributed by atoms with Crippen LogP contribution in [0, 0.1) is 11.7 Å². The maximum Gasteiger partial charge on any atom is 0.416 e. The third-order valence-corrected chi connectivity index (χ3v) is 5.28. The van der Waals surface area contributed by atoms with Crippen molar-refractivity contribution in [2.75, 3.05) is 20.2 Å². The summed E-state index contributed by atoms with van der Waals surface area (Å²) in [7, 11) is 1.44. The van der Waals surface area contributed by atoms with E-state index in [1.807, 2.05) is 4.90 Å². The van der Waals surface area contributed by atoms with E-state index in [4.69, 9.17) is 4.74 Å². The van der Waals surface area contributed by atoms with E-state index in [0.29, 0.717) is 42.8 Å². The first kappa shape index (κ1) is 21.1. The molecule has 0 spiro atoms. The lowest BCUT2D eigenvalue weighted by molar-refractivity contribution is -0.143. The van der Waals surface area contributed by atoms with Crippen molar-refractivity contribution in [3.63, 3.8) is 0 Å². The number of piperidine rings is 1. The largest absolute Gasteiger partial charge is 0.496 e. The predicted molar refractivity (Wildman–Crippen MR) is 98.2 cm³/mol. The number of carboxylic acids is 1. The summed E-state index contributed by atoms with van der Waals surface area (Å²) < 4.78 is 58.2. The zero-order valence-electron chi connectivity index (χ0n) is 15.7. The van der Waals surface area contributed by atoms with Gasteiger partial charge in [-0.25, -0.2) is 4.39 Å². The molecule has 0 aromatic heterocycles. The molecule has 0 amide bonds. The number of hydrogen-bond acceptors (Lipinski definition) is 3. The van der Waals surface area contributed by atoms with Crippen LogP contribution in [-0.4, -0.2) is 36.2 Å². The van der Waals surface area contributed by atoms with Gasteiger partial charge >= 0.3 is 12.1 Å². The minimum Gasteiger partial charge on any atom is -0.496 e. The van der Waals surface area contributed by atoms with Gasteiger partial charge in [0.1, 0.15) is 11.6 Å². The summed E-state index contributed by atoms with van der Waals surface area (Å²) in [4.78, 5) is 13.2. The fourth-order valence-corrected chi connectivity index (χ4v) is 3.76. The van der Waals surface area contributed by atoms with Crippen molar-refractivity contribution in [1.82, 2.24) is 4.90 Å². The number of methoxy groups -OCH3 is 1. The van der Waals surface area contributed by atoms with Crippen molar-refractivity contribution in [2.24, 2.45) is 5.92 Å². The second-order valence-electron chi connectivity index (χ2n) is 7.06. The minimum absolute atomic E-state index is 0.407. The van der Waals surface area contributed by atoms with Gasteiger partial charge in [0.25, 0.3) is 0 Å². The van der Waals surface area contributed by atoms with E-state index < -0.39 is 35.5 Å². The van der Waals surface area contributed by atoms with E-state index in [2.05, 4.69) is 0 Å². The molecule has 2 aromatic rings. The summed E-state index contributed by atoms with van der Waals surface area (Å²) in [5.74, 6) is -1.40. The molecule has 2 aromatic carbocycles. The first-order valence-electron chi connectivity index (χ1n) is 9.18. The number of alkyl halides is 3. The van der Waals surface area contributed by atoms with Crippen LogP contribution in [0.15, 0.2) is 42.5 Å². The lowest BCUT2D eigenvalue weighted by atomic mass is 9.90. The number of nitrogens with zero attached hydrogens (tertiary/aromatic N) is 1. The van der Waals surface area contributed by atoms with Crippen LogP contribution in [0.2, 0.25) is 0 Å². The third-order valence-electron chi connectivity index (χ3n) is 5.28. The highest BCUT2D eigenvalue weighted by Crippen LogP contribution is 2.38. The van der Waals surface area contributed by atoms with Crippen molar-refractivity contribution >= 4 is 5.97 Å². The molecule has 1 atom stereocenters. The van der Waals surface area contributed by atoms with Crippen LogP contribution in [0.4, 0.5) is 17.6 Å². The van der Waals surface area contributed by atoms with Crippen LogP contribution in [0.25, 0.3) is 0 Å². The number of carboxylic acid groups (broad SMARTS) is 1. The Morgan fingerprint density at radius 2 is 1.76 bits per heavy atom. The quantitative estimate of drug-likeness (QED) is 0.723. The van der Waals surface area contributed by atoms with Gasteiger partial charge in [-0.1, -0.05) is 12.1 Å². The van der Waals surface area contributed by atoms with E-state index >= 15 is 0 Å². The minimum atomic E-state index is -4.45. The molecule has 156 valence electrons. The molecule has 1 unspecified atom stereocenters. The lowest BCUT2D eigenvalue weighted by Gasteiger charge is -2.37. The first-order chi connectivity index (χ1) is 13.7. The molecular weight excluding hydrogens is 390 g/mol. The molecule has 0 bridgehead atoms. The van der Waals surface area contributed by atoms with Crippen molar-refractivity contribution in [2.45, 2.75) is 25.1 Å². The van der Waals surface area contributed by atoms with Crippen LogP contribution in [0.1, 0.15) is 35.6 Å². The molecule has 0 aliphatic carbocycles. The number of halogens is 4. The van der Waals surface area contributed by atoms with Gasteiger partial charge in [0.15, 0.2) is 0 Å². The fourth-order valence-electron chi connectivity index (χ4n) is 3.76. The van der Waals surface area contributed by atoms with Crippen LogP contribution in [-0.2, 0) is 11.0 Å². The summed E-state index contributed by atoms with van der Waals surface area (Å²) in [5, 5.41) is 9.23. The van der Waals surface area contributed by atoms with Crippen LogP contribution >= 0.6 is 0 Å². The van der Waals surface area contributed by atoms with Gasteiger partial charge in [0.05, 0.1) is 24.6 Å². The van der Waals surface area contributed by atoms with Gasteiger partial charge < -0.3 is 9.84 Å². The zero-order chi connectivity index (χ0) is 21.2. The Bertz CT molecular complexity index is 859. The normalized spacial score (nSPS) is 17.1. The van der Waals surface area contributed by atoms with Crippen molar-refractivity contribution in [3.05, 3.63) is 65.0 Å². The standard InChI is InChI=1S/C21H21F4NO3/c1-29-18-7-6-16(22)12-17(18)19(26-10-8-14(9-11-26)20(27)28)13-2-4-15(5-3-13)21(23,24)25/h2-7,12,14,19H,8-11H2,1H3,(H,27,28). The zero-order valence-corrected chi connectivity index (χ0v) is 15.7. The molecule has 0 saturated carbocycles. The number of hydrogen-bond donors (Lipinski definition) is 1. The SMILES string of the molecule is COc1ccc(F)cc1C(c1ccc(C(F)(F)F)cc1)N1CCC(C(=O)O)CC1. The highest BCUT2D eigenvalue weighted by Gasteiger charge is 2.33. The molecule has 1 heterocycles. The van der Waals surface area contributed by atoms with Gasteiger partial charge in [-0.05, 0) is 61.8 Å². The highest BCUT2D eigenvalue weighted by molar-refractivity contribution is 5.70. The average molecular weight is 411 g/mol. The first-order valence-corrected chi connectivity index (χ1v) is 9.18. The Hall–Kier alpha value is -2.61. The topological polar surface area (TPSA) is 49.8 Å². The van der Waals surface area contributed by atoms with Gasteiger partial charge in [0.2, 0.25) is 0 Å². The summed E-state index contributed by atoms with van der Waals surface area (Å²) in [6, 6.07) is 8.23. The van der Waals surface area contributed by atoms with Crippen molar-refractivity contribution < 1.29 is 32.2 Å². The molecule has 1 saturated heterocycles. The van der Waals surface area contributed by atoms with Gasteiger partial charge in [-0.15, -0.1) is 0 Å². The Labute approximate surface area is 165 Å². The summed E-state index contributed by atoms with van der Waals surface area (Å²) in [6.07, 6.45) is -3.64. The lowest BCUT2D eigenvalue weighted by Crippen LogP contribution is -2.39. The molecular formula is C21H21F4NO3. The molecule has 1 N–H and O–H groups in total. The molecule has 4 nitrogen and oxygen atoms in total. The smallest absolute Gasteiger partial charge is 0.416 e. The van der Waals surface area contributed by atoms with E-state index in [1.54, 1.807) is 0 Å². The predicted octanol–water partition coefficient (Wildman–Crippen LogP) is 4.74. The monoisotopic (exact) mass is 411 g/mol. The number of likely N-dealkylation sites (tertiary alicyclic amines) is 1. The molecule has 3 rings (SSSR count). The number of ether oxygens (including phenoxy) is 1. The Morgan fingerprint density at radius 3 is 2.28 bits per heavy atom. The molecule has 1 aliphatic rings. The Morgan fingerprint density at radius 1 is 1.14 bits per heavy atom. The van der Waals surface area contributed by atoms with Gasteiger partial charge in [-0.2, -0.15) is 13.2 Å². The van der Waals surface area contributed by atoms with E-state index in [0.717, 1.165) is 12.1 Å². The van der Waals surface area contributed by atoms with E-state index in [9.17, 15) is 27.5 Å². The Balaban J connectivity index is 2.01. The number of aliphatic carboxylic acids is 1. The fraction of sp³-hybridized carbons (Fsp3) is 0.381. The molecule has 1 fully saturated rings. The van der Waals surface area contributed by atoms with Crippen LogP contribution in [0.5, 0.6) is 5.75 Å². The van der Waals surface area contributed by atoms with E-state index in [1.165, 1.54) is 37.4 Å². The molecule has 29 heavy (non-hydrogen) atoms. The highest BCUT2D eigenvalue weighted by atomic mass is 19.4. The maximum absolute atomic E-state index is 14.0. The molecule has 8 heteroatoms.